The zero-order chi connectivity index (χ0) is 44.0. The second-order valence-electron chi connectivity index (χ2n) is 16.1. The number of carbonyl (C=O) groups is 5. The van der Waals surface area contributed by atoms with Crippen LogP contribution in [0.15, 0.2) is 90.5 Å². The van der Waals surface area contributed by atoms with E-state index in [0.717, 1.165) is 17.2 Å². The van der Waals surface area contributed by atoms with E-state index in [1.165, 1.54) is 30.3 Å². The third kappa shape index (κ3) is 12.4. The molecule has 2 aliphatic carbocycles. The third-order valence-corrected chi connectivity index (χ3v) is 9.99. The number of nitrogens with one attached hydrogen (secondary N) is 2. The molecule has 1 heterocycles. The molecular formula is C45H47F3N2O11. The number of halogens is 3. The van der Waals surface area contributed by atoms with Gasteiger partial charge in [0.2, 0.25) is 5.91 Å². The largest absolute Gasteiger partial charge is 0.460 e. The number of fused-ring (bicyclic) bond motifs is 2. The van der Waals surface area contributed by atoms with E-state index in [1.807, 2.05) is 24.3 Å². The number of ether oxygens (including phenoxy) is 5. The molecule has 324 valence electrons. The Hall–Kier alpha value is -5.84. The number of amides is 2. The molecule has 3 aliphatic rings. The van der Waals surface area contributed by atoms with Crippen LogP contribution in [0, 0.1) is 0 Å². The molecule has 3 aromatic rings. The highest BCUT2D eigenvalue weighted by Gasteiger charge is 2.55. The van der Waals surface area contributed by atoms with E-state index in [9.17, 15) is 42.3 Å². The molecule has 0 unspecified atom stereocenters. The van der Waals surface area contributed by atoms with Gasteiger partial charge in [0, 0.05) is 49.4 Å². The topological polar surface area (TPSA) is 176 Å². The van der Waals surface area contributed by atoms with Crippen molar-refractivity contribution in [3.05, 3.63) is 124 Å². The minimum Gasteiger partial charge on any atom is -0.460 e. The van der Waals surface area contributed by atoms with Crippen molar-refractivity contribution in [1.29, 1.82) is 0 Å². The van der Waals surface area contributed by atoms with E-state index in [2.05, 4.69) is 15.4 Å². The number of benzene rings is 3. The second-order valence-corrected chi connectivity index (χ2v) is 16.1. The van der Waals surface area contributed by atoms with E-state index in [4.69, 9.17) is 18.9 Å². The third-order valence-electron chi connectivity index (χ3n) is 9.99. The molecule has 1 spiro atoms. The minimum atomic E-state index is -4.68. The molecule has 0 radical (unpaired) electrons. The highest BCUT2D eigenvalue weighted by Crippen LogP contribution is 2.45. The Morgan fingerprint density at radius 1 is 0.918 bits per heavy atom. The summed E-state index contributed by atoms with van der Waals surface area (Å²) in [5, 5.41) is 15.5. The van der Waals surface area contributed by atoms with E-state index < -0.39 is 78.2 Å². The first-order chi connectivity index (χ1) is 28.9. The zero-order valence-electron chi connectivity index (χ0n) is 33.8. The molecule has 1 fully saturated rings. The maximum Gasteiger partial charge on any atom is 0.422 e. The van der Waals surface area contributed by atoms with Gasteiger partial charge in [-0.2, -0.15) is 13.2 Å². The first kappa shape index (κ1) is 44.7. The normalized spacial score (nSPS) is 19.7. The molecule has 1 saturated heterocycles. The van der Waals surface area contributed by atoms with Crippen molar-refractivity contribution in [2.75, 3.05) is 13.2 Å². The van der Waals surface area contributed by atoms with Gasteiger partial charge in [-0.1, -0.05) is 48.5 Å². The van der Waals surface area contributed by atoms with Crippen LogP contribution < -0.4 is 10.6 Å². The summed E-state index contributed by atoms with van der Waals surface area (Å²) < 4.78 is 65.9. The summed E-state index contributed by atoms with van der Waals surface area (Å²) >= 11 is 0. The fraction of sp³-hybridized carbons (Fsp3) is 0.400. The number of carbonyl (C=O) groups excluding carboxylic acids is 5. The smallest absolute Gasteiger partial charge is 0.422 e. The number of hydrogen-bond donors (Lipinski definition) is 3. The van der Waals surface area contributed by atoms with E-state index in [-0.39, 0.29) is 49.1 Å². The Morgan fingerprint density at radius 3 is 2.31 bits per heavy atom. The lowest BCUT2D eigenvalue weighted by atomic mass is 9.91. The van der Waals surface area contributed by atoms with Crippen LogP contribution >= 0.6 is 0 Å². The molecule has 0 saturated carbocycles. The van der Waals surface area contributed by atoms with Crippen LogP contribution in [0.25, 0.3) is 6.08 Å². The fourth-order valence-electron chi connectivity index (χ4n) is 7.28. The van der Waals surface area contributed by atoms with Crippen molar-refractivity contribution in [1.82, 2.24) is 10.6 Å². The van der Waals surface area contributed by atoms with Crippen LogP contribution in [0.2, 0.25) is 0 Å². The second kappa shape index (κ2) is 18.8. The fourth-order valence-corrected chi connectivity index (χ4v) is 7.28. The van der Waals surface area contributed by atoms with Gasteiger partial charge < -0.3 is 39.4 Å². The zero-order valence-corrected chi connectivity index (χ0v) is 33.8. The van der Waals surface area contributed by atoms with Crippen molar-refractivity contribution in [2.24, 2.45) is 0 Å². The number of alkyl halides is 3. The molecule has 3 N–H and O–H groups in total. The minimum absolute atomic E-state index is 0.00162. The summed E-state index contributed by atoms with van der Waals surface area (Å²) in [4.78, 5) is 64.5. The Morgan fingerprint density at radius 2 is 1.62 bits per heavy atom. The summed E-state index contributed by atoms with van der Waals surface area (Å²) in [5.41, 5.74) is 2.96. The summed E-state index contributed by atoms with van der Waals surface area (Å²) in [6.45, 7) is 3.14. The predicted octanol–water partition coefficient (Wildman–Crippen LogP) is 5.47. The summed E-state index contributed by atoms with van der Waals surface area (Å²) in [6, 6.07) is 19.6. The molecule has 16 heteroatoms. The Kier molecular flexibility index (Phi) is 13.8. The predicted molar refractivity (Wildman–Crippen MR) is 212 cm³/mol. The maximum absolute atomic E-state index is 13.8. The average molecular weight is 849 g/mol. The molecule has 0 bridgehead atoms. The van der Waals surface area contributed by atoms with Gasteiger partial charge in [0.25, 0.3) is 5.91 Å². The van der Waals surface area contributed by atoms with Gasteiger partial charge in [-0.05, 0) is 85.9 Å². The monoisotopic (exact) mass is 848 g/mol. The van der Waals surface area contributed by atoms with Gasteiger partial charge in [0.1, 0.15) is 23.9 Å². The molecular weight excluding hydrogens is 801 g/mol. The van der Waals surface area contributed by atoms with Gasteiger partial charge in [-0.15, -0.1) is 0 Å². The summed E-state index contributed by atoms with van der Waals surface area (Å²) in [7, 11) is 0. The molecule has 6 rings (SSSR count). The van der Waals surface area contributed by atoms with Gasteiger partial charge in [0.15, 0.2) is 12.4 Å². The number of rotatable bonds is 14. The van der Waals surface area contributed by atoms with Crippen LogP contribution in [0.1, 0.15) is 83.0 Å². The molecule has 0 aromatic heterocycles. The lowest BCUT2D eigenvalue weighted by Crippen LogP contribution is -2.43. The van der Waals surface area contributed by atoms with Crippen LogP contribution in [-0.4, -0.2) is 90.0 Å². The van der Waals surface area contributed by atoms with Crippen molar-refractivity contribution in [3.8, 4) is 0 Å². The number of hydrogen-bond acceptors (Lipinski definition) is 11. The summed E-state index contributed by atoms with van der Waals surface area (Å²) in [5.74, 6) is -4.44. The maximum atomic E-state index is 13.8. The molecule has 4 atom stereocenters. The van der Waals surface area contributed by atoms with Crippen molar-refractivity contribution in [2.45, 2.75) is 101 Å². The quantitative estimate of drug-likeness (QED) is 0.107. The van der Waals surface area contributed by atoms with Crippen LogP contribution in [0.3, 0.4) is 0 Å². The van der Waals surface area contributed by atoms with E-state index in [0.29, 0.717) is 24.0 Å². The van der Waals surface area contributed by atoms with Crippen LogP contribution in [0.5, 0.6) is 0 Å². The van der Waals surface area contributed by atoms with Crippen molar-refractivity contribution in [3.63, 3.8) is 0 Å². The molecule has 1 aliphatic heterocycles. The first-order valence-corrected chi connectivity index (χ1v) is 19.7. The Labute approximate surface area is 350 Å². The average Bonchev–Trinajstić information content (AvgIpc) is 3.76. The van der Waals surface area contributed by atoms with E-state index in [1.54, 1.807) is 51.1 Å². The van der Waals surface area contributed by atoms with E-state index >= 15 is 0 Å². The Bertz CT molecular complexity index is 2170. The summed E-state index contributed by atoms with van der Waals surface area (Å²) in [6.07, 6.45) is -2.49. The van der Waals surface area contributed by atoms with Crippen molar-refractivity contribution >= 4 is 35.8 Å². The standard InChI is InChI=1S/C45H47F3N2O11/c1-43(2,3)60-38(53)17-15-34(25-51)50-41(55)29-12-7-9-28(19-29)24-49-40(54)33-20-35(39-36(21-33)59-44(61-39)22-31-10-4-5-11-32(31)23-44)58-42(56)30-13-6-8-27(18-30)14-16-37(52)57-26-45(46,47)48/h4-14,16,18-19,21,34-36,39,51H,15,17,20,22-26H2,1-3H3,(H,49,54)(H,50,55)/t34-,35+,36+,39-/m0/s1. The van der Waals surface area contributed by atoms with Gasteiger partial charge in [-0.3, -0.25) is 14.4 Å². The van der Waals surface area contributed by atoms with Crippen molar-refractivity contribution < 1.29 is 65.9 Å². The Balaban J connectivity index is 1.12. The lowest BCUT2D eigenvalue weighted by molar-refractivity contribution is -0.182. The molecule has 13 nitrogen and oxygen atoms in total. The molecule has 61 heavy (non-hydrogen) atoms. The van der Waals surface area contributed by atoms with Gasteiger partial charge in [-0.25, -0.2) is 9.59 Å². The number of esters is 3. The highest BCUT2D eigenvalue weighted by molar-refractivity contribution is 5.96. The number of aliphatic hydroxyl groups excluding tert-OH is 1. The van der Waals surface area contributed by atoms with Gasteiger partial charge >= 0.3 is 24.1 Å². The molecule has 2 amide bonds. The molecule has 3 aromatic carbocycles. The van der Waals surface area contributed by atoms with Crippen LogP contribution in [-0.2, 0) is 57.5 Å². The van der Waals surface area contributed by atoms with Crippen LogP contribution in [0.4, 0.5) is 13.2 Å². The highest BCUT2D eigenvalue weighted by atomic mass is 19.4. The van der Waals surface area contributed by atoms with Gasteiger partial charge in [0.05, 0.1) is 18.2 Å². The lowest BCUT2D eigenvalue weighted by Gasteiger charge is -2.30. The SMILES string of the molecule is CC(C)(C)OC(=O)CC[C@@H](CO)NC(=O)c1cccc(CNC(=O)C2=C[C@H]3OC4(Cc5ccccc5C4)O[C@H]3[C@H](OC(=O)c3cccc(C=CC(=O)OCC(F)(F)F)c3)C2)c1. The first-order valence-electron chi connectivity index (χ1n) is 19.7. The number of aliphatic hydroxyl groups is 1.